The third-order valence-electron chi connectivity index (χ3n) is 2.53. The molecule has 0 spiro atoms. The maximum Gasteiger partial charge on any atom is 0.138 e. The van der Waals surface area contributed by atoms with Crippen LogP contribution in [-0.2, 0) is 6.42 Å². The summed E-state index contributed by atoms with van der Waals surface area (Å²) < 4.78 is 2.15. The van der Waals surface area contributed by atoms with Crippen LogP contribution >= 0.6 is 11.8 Å². The van der Waals surface area contributed by atoms with Crippen LogP contribution in [0, 0.1) is 5.92 Å². The zero-order valence-corrected chi connectivity index (χ0v) is 11.2. The Hall–Kier alpha value is -1.00. The second-order valence-electron chi connectivity index (χ2n) is 4.54. The molecule has 2 N–H and O–H groups in total. The average Bonchev–Trinajstić information content (AvgIpc) is 2.66. The molecule has 0 amide bonds. The molecule has 0 saturated carbocycles. The van der Waals surface area contributed by atoms with E-state index in [0.717, 1.165) is 22.8 Å². The van der Waals surface area contributed by atoms with E-state index in [1.807, 2.05) is 30.0 Å². The van der Waals surface area contributed by atoms with Gasteiger partial charge in [-0.25, -0.2) is 4.98 Å². The number of thioether (sulfide) groups is 1. The van der Waals surface area contributed by atoms with Gasteiger partial charge >= 0.3 is 0 Å². The maximum atomic E-state index is 5.69. The molecular weight excluding hydrogens is 230 g/mol. The number of hydrogen-bond acceptors (Lipinski definition) is 3. The number of rotatable bonds is 5. The minimum atomic E-state index is 0.665. The number of hydrogen-bond donors (Lipinski definition) is 1. The number of fused-ring (bicyclic) bond motifs is 1. The molecule has 2 heterocycles. The summed E-state index contributed by atoms with van der Waals surface area (Å²) in [6.45, 7) is 5.12. The Balaban J connectivity index is 2.35. The minimum Gasteiger partial charge on any atom is -0.330 e. The highest BCUT2D eigenvalue weighted by Gasteiger charge is 2.11. The van der Waals surface area contributed by atoms with Crippen LogP contribution in [0.3, 0.4) is 0 Å². The first-order valence-electron chi connectivity index (χ1n) is 6.01. The number of imidazole rings is 1. The zero-order chi connectivity index (χ0) is 12.3. The highest BCUT2D eigenvalue weighted by Crippen LogP contribution is 2.25. The van der Waals surface area contributed by atoms with Crippen molar-refractivity contribution in [2.45, 2.75) is 25.3 Å². The van der Waals surface area contributed by atoms with E-state index in [1.54, 1.807) is 0 Å². The van der Waals surface area contributed by atoms with Gasteiger partial charge in [-0.3, -0.25) is 0 Å². The summed E-state index contributed by atoms with van der Waals surface area (Å²) in [6.07, 6.45) is 2.94. The number of nitrogens with zero attached hydrogens (tertiary/aromatic N) is 2. The summed E-state index contributed by atoms with van der Waals surface area (Å²) in [5.74, 6) is 1.78. The van der Waals surface area contributed by atoms with Crippen molar-refractivity contribution in [2.75, 3.05) is 12.3 Å². The van der Waals surface area contributed by atoms with Crippen molar-refractivity contribution in [3.05, 3.63) is 30.1 Å². The van der Waals surface area contributed by atoms with Gasteiger partial charge in [0.2, 0.25) is 0 Å². The van der Waals surface area contributed by atoms with Gasteiger partial charge in [0.15, 0.2) is 0 Å². The van der Waals surface area contributed by atoms with Gasteiger partial charge in [-0.05, 0) is 24.6 Å². The van der Waals surface area contributed by atoms with E-state index in [4.69, 9.17) is 5.73 Å². The molecule has 3 nitrogen and oxygen atoms in total. The molecule has 0 saturated heterocycles. The Labute approximate surface area is 106 Å². The molecular formula is C13H19N3S. The summed E-state index contributed by atoms with van der Waals surface area (Å²) in [5, 5.41) is 1.13. The molecule has 0 aliphatic rings. The van der Waals surface area contributed by atoms with Crippen molar-refractivity contribution in [2.24, 2.45) is 11.7 Å². The Morgan fingerprint density at radius 3 is 2.94 bits per heavy atom. The summed E-state index contributed by atoms with van der Waals surface area (Å²) in [6, 6.07) is 6.09. The van der Waals surface area contributed by atoms with Gasteiger partial charge < -0.3 is 10.1 Å². The second kappa shape index (κ2) is 5.56. The van der Waals surface area contributed by atoms with Crippen LogP contribution in [0.2, 0.25) is 0 Å². The number of nitrogens with two attached hydrogens (primary N) is 1. The van der Waals surface area contributed by atoms with Gasteiger partial charge in [-0.2, -0.15) is 0 Å². The summed E-state index contributed by atoms with van der Waals surface area (Å²) >= 11 is 1.83. The van der Waals surface area contributed by atoms with Crippen molar-refractivity contribution in [3.63, 3.8) is 0 Å². The van der Waals surface area contributed by atoms with E-state index in [9.17, 15) is 0 Å². The zero-order valence-electron chi connectivity index (χ0n) is 10.4. The van der Waals surface area contributed by atoms with Crippen molar-refractivity contribution in [3.8, 4) is 0 Å². The third-order valence-corrected chi connectivity index (χ3v) is 3.96. The summed E-state index contributed by atoms with van der Waals surface area (Å²) in [4.78, 5) is 4.67. The Morgan fingerprint density at radius 1 is 1.41 bits per heavy atom. The van der Waals surface area contributed by atoms with Gasteiger partial charge in [-0.1, -0.05) is 19.9 Å². The fraction of sp³-hybridized carbons (Fsp3) is 0.462. The van der Waals surface area contributed by atoms with E-state index < -0.39 is 0 Å². The molecule has 0 atom stereocenters. The minimum absolute atomic E-state index is 0.665. The van der Waals surface area contributed by atoms with E-state index in [2.05, 4.69) is 29.4 Å². The van der Waals surface area contributed by atoms with Crippen LogP contribution in [0.15, 0.2) is 29.4 Å². The molecule has 0 unspecified atom stereocenters. The lowest BCUT2D eigenvalue weighted by molar-refractivity contribution is 0.749. The van der Waals surface area contributed by atoms with Gasteiger partial charge in [0.1, 0.15) is 10.7 Å². The third kappa shape index (κ3) is 2.82. The van der Waals surface area contributed by atoms with E-state index in [1.165, 1.54) is 5.69 Å². The monoisotopic (exact) mass is 249 g/mol. The molecule has 0 radical (unpaired) electrons. The molecule has 17 heavy (non-hydrogen) atoms. The van der Waals surface area contributed by atoms with Crippen LogP contribution in [0.5, 0.6) is 0 Å². The molecule has 2 aromatic heterocycles. The van der Waals surface area contributed by atoms with E-state index >= 15 is 0 Å². The molecule has 0 fully saturated rings. The topological polar surface area (TPSA) is 43.3 Å². The van der Waals surface area contributed by atoms with Crippen LogP contribution in [0.25, 0.3) is 5.65 Å². The molecule has 0 aromatic carbocycles. The van der Waals surface area contributed by atoms with Gasteiger partial charge in [0, 0.05) is 18.4 Å². The van der Waals surface area contributed by atoms with Crippen LogP contribution in [-0.4, -0.2) is 21.7 Å². The predicted octanol–water partition coefficient (Wildman–Crippen LogP) is 2.58. The van der Waals surface area contributed by atoms with Crippen LogP contribution < -0.4 is 5.73 Å². The van der Waals surface area contributed by atoms with E-state index in [0.29, 0.717) is 12.5 Å². The fourth-order valence-electron chi connectivity index (χ4n) is 1.75. The molecule has 2 aromatic rings. The first-order valence-corrected chi connectivity index (χ1v) is 6.99. The second-order valence-corrected chi connectivity index (χ2v) is 5.54. The van der Waals surface area contributed by atoms with Crippen LogP contribution in [0.4, 0.5) is 0 Å². The standard InChI is InChI=1S/C13H19N3S/c1-10(2)9-17-13-11(6-7-14)16-8-4-3-5-12(16)15-13/h3-5,8,10H,6-7,9,14H2,1-2H3. The largest absolute Gasteiger partial charge is 0.330 e. The van der Waals surface area contributed by atoms with Gasteiger partial charge in [-0.15, -0.1) is 11.8 Å². The SMILES string of the molecule is CC(C)CSc1nc2ccccn2c1CCN. The average molecular weight is 249 g/mol. The number of pyridine rings is 1. The summed E-state index contributed by atoms with van der Waals surface area (Å²) in [7, 11) is 0. The molecule has 0 bridgehead atoms. The Kier molecular flexibility index (Phi) is 4.07. The highest BCUT2D eigenvalue weighted by molar-refractivity contribution is 7.99. The molecule has 0 aliphatic carbocycles. The smallest absolute Gasteiger partial charge is 0.138 e. The predicted molar refractivity (Wildman–Crippen MR) is 73.5 cm³/mol. The lowest BCUT2D eigenvalue weighted by Gasteiger charge is -2.05. The Bertz CT molecular complexity index is 490. The normalized spacial score (nSPS) is 11.5. The molecule has 4 heteroatoms. The van der Waals surface area contributed by atoms with Gasteiger partial charge in [0.05, 0.1) is 5.69 Å². The first kappa shape index (κ1) is 12.5. The molecule has 0 aliphatic heterocycles. The lowest BCUT2D eigenvalue weighted by Crippen LogP contribution is -2.06. The van der Waals surface area contributed by atoms with Crippen molar-refractivity contribution >= 4 is 17.4 Å². The van der Waals surface area contributed by atoms with Gasteiger partial charge in [0.25, 0.3) is 0 Å². The van der Waals surface area contributed by atoms with Crippen LogP contribution in [0.1, 0.15) is 19.5 Å². The lowest BCUT2D eigenvalue weighted by atomic mass is 10.3. The molecule has 92 valence electrons. The fourth-order valence-corrected chi connectivity index (χ4v) is 2.77. The van der Waals surface area contributed by atoms with Crippen molar-refractivity contribution < 1.29 is 0 Å². The van der Waals surface area contributed by atoms with Crippen molar-refractivity contribution in [1.29, 1.82) is 0 Å². The van der Waals surface area contributed by atoms with Crippen molar-refractivity contribution in [1.82, 2.24) is 9.38 Å². The van der Waals surface area contributed by atoms with E-state index in [-0.39, 0.29) is 0 Å². The quantitative estimate of drug-likeness (QED) is 0.828. The Morgan fingerprint density at radius 2 is 2.24 bits per heavy atom. The molecule has 2 rings (SSSR count). The maximum absolute atomic E-state index is 5.69. The first-order chi connectivity index (χ1) is 8.22. The summed E-state index contributed by atoms with van der Waals surface area (Å²) in [5.41, 5.74) is 7.95. The highest BCUT2D eigenvalue weighted by atomic mass is 32.2. The number of aromatic nitrogens is 2.